The lowest BCUT2D eigenvalue weighted by atomic mass is 9.93. The van der Waals surface area contributed by atoms with Crippen molar-refractivity contribution >= 4 is 11.6 Å². The molecule has 0 aromatic carbocycles. The standard InChI is InChI=1S/C10H15ClN2O/c1-5-7(2)10(3,14)8-6-12-9(11)13(8)4/h5-6,14H,1-4H3/b7-5+. The molecule has 1 N–H and O–H groups in total. The first kappa shape index (κ1) is 11.3. The summed E-state index contributed by atoms with van der Waals surface area (Å²) >= 11 is 5.80. The lowest BCUT2D eigenvalue weighted by molar-refractivity contribution is 0.0894. The summed E-state index contributed by atoms with van der Waals surface area (Å²) in [5, 5.41) is 10.6. The molecule has 4 heteroatoms. The van der Waals surface area contributed by atoms with Crippen molar-refractivity contribution in [2.24, 2.45) is 7.05 Å². The maximum absolute atomic E-state index is 10.3. The quantitative estimate of drug-likeness (QED) is 0.767. The zero-order chi connectivity index (χ0) is 10.9. The molecule has 1 aromatic heterocycles. The van der Waals surface area contributed by atoms with Gasteiger partial charge in [-0.1, -0.05) is 6.08 Å². The number of allylic oxidation sites excluding steroid dienone is 1. The van der Waals surface area contributed by atoms with Crippen LogP contribution in [0.3, 0.4) is 0 Å². The van der Waals surface area contributed by atoms with E-state index in [2.05, 4.69) is 4.98 Å². The van der Waals surface area contributed by atoms with E-state index in [0.29, 0.717) is 11.0 Å². The van der Waals surface area contributed by atoms with Gasteiger partial charge < -0.3 is 9.67 Å². The molecule has 1 aromatic rings. The lowest BCUT2D eigenvalue weighted by Gasteiger charge is -2.24. The number of aromatic nitrogens is 2. The van der Waals surface area contributed by atoms with Gasteiger partial charge in [-0.15, -0.1) is 0 Å². The summed E-state index contributed by atoms with van der Waals surface area (Å²) in [6.45, 7) is 5.50. The monoisotopic (exact) mass is 214 g/mol. The van der Waals surface area contributed by atoms with Crippen LogP contribution < -0.4 is 0 Å². The molecule has 78 valence electrons. The first-order chi connectivity index (χ1) is 6.41. The predicted molar refractivity (Wildman–Crippen MR) is 57.2 cm³/mol. The largest absolute Gasteiger partial charge is 0.379 e. The summed E-state index contributed by atoms with van der Waals surface area (Å²) in [7, 11) is 1.78. The van der Waals surface area contributed by atoms with E-state index in [1.807, 2.05) is 19.9 Å². The van der Waals surface area contributed by atoms with Crippen molar-refractivity contribution in [2.75, 3.05) is 0 Å². The smallest absolute Gasteiger partial charge is 0.202 e. The van der Waals surface area contributed by atoms with Gasteiger partial charge in [0.15, 0.2) is 0 Å². The third kappa shape index (κ3) is 1.70. The molecule has 0 saturated carbocycles. The zero-order valence-electron chi connectivity index (χ0n) is 8.87. The Bertz CT molecular complexity index is 366. The fourth-order valence-electron chi connectivity index (χ4n) is 1.32. The van der Waals surface area contributed by atoms with E-state index in [-0.39, 0.29) is 0 Å². The van der Waals surface area contributed by atoms with Crippen LogP contribution in [0.1, 0.15) is 26.5 Å². The minimum absolute atomic E-state index is 0.379. The van der Waals surface area contributed by atoms with Crippen molar-refractivity contribution in [3.05, 3.63) is 28.8 Å². The summed E-state index contributed by atoms with van der Waals surface area (Å²) in [4.78, 5) is 3.94. The summed E-state index contributed by atoms with van der Waals surface area (Å²) < 4.78 is 1.68. The lowest BCUT2D eigenvalue weighted by Crippen LogP contribution is -2.25. The van der Waals surface area contributed by atoms with Crippen LogP contribution in [0.4, 0.5) is 0 Å². The second kappa shape index (κ2) is 3.75. The topological polar surface area (TPSA) is 38.1 Å². The van der Waals surface area contributed by atoms with E-state index in [1.165, 1.54) is 0 Å². The Balaban J connectivity index is 3.23. The van der Waals surface area contributed by atoms with E-state index in [9.17, 15) is 5.11 Å². The second-order valence-corrected chi connectivity index (χ2v) is 3.85. The van der Waals surface area contributed by atoms with Gasteiger partial charge in [0.25, 0.3) is 0 Å². The third-order valence-corrected chi connectivity index (χ3v) is 2.98. The van der Waals surface area contributed by atoms with Crippen molar-refractivity contribution < 1.29 is 5.11 Å². The van der Waals surface area contributed by atoms with Gasteiger partial charge in [0.2, 0.25) is 5.28 Å². The molecular weight excluding hydrogens is 200 g/mol. The van der Waals surface area contributed by atoms with Crippen LogP contribution in [0.15, 0.2) is 17.8 Å². The highest BCUT2D eigenvalue weighted by molar-refractivity contribution is 6.28. The molecule has 0 fully saturated rings. The van der Waals surface area contributed by atoms with Gasteiger partial charge in [0, 0.05) is 7.05 Å². The van der Waals surface area contributed by atoms with Gasteiger partial charge in [-0.05, 0) is 37.9 Å². The molecule has 1 atom stereocenters. The number of hydrogen-bond acceptors (Lipinski definition) is 2. The number of aliphatic hydroxyl groups is 1. The van der Waals surface area contributed by atoms with Crippen molar-refractivity contribution in [2.45, 2.75) is 26.4 Å². The van der Waals surface area contributed by atoms with Crippen LogP contribution in [0.5, 0.6) is 0 Å². The number of imidazole rings is 1. The highest BCUT2D eigenvalue weighted by atomic mass is 35.5. The summed E-state index contributed by atoms with van der Waals surface area (Å²) in [5.41, 5.74) is 0.555. The molecule has 0 saturated heterocycles. The first-order valence-corrected chi connectivity index (χ1v) is 4.82. The average Bonchev–Trinajstić information content (AvgIpc) is 2.46. The van der Waals surface area contributed by atoms with Crippen LogP contribution in [0.2, 0.25) is 5.28 Å². The maximum atomic E-state index is 10.3. The Morgan fingerprint density at radius 3 is 2.64 bits per heavy atom. The SMILES string of the molecule is C/C=C(\C)C(C)(O)c1cnc(Cl)n1C. The van der Waals surface area contributed by atoms with Gasteiger partial charge in [-0.2, -0.15) is 0 Å². The van der Waals surface area contributed by atoms with Crippen molar-refractivity contribution in [3.63, 3.8) is 0 Å². The molecule has 0 amide bonds. The van der Waals surface area contributed by atoms with Gasteiger partial charge in [-0.3, -0.25) is 0 Å². The highest BCUT2D eigenvalue weighted by Crippen LogP contribution is 2.29. The fraction of sp³-hybridized carbons (Fsp3) is 0.500. The molecule has 0 aliphatic carbocycles. The Kier molecular flexibility index (Phi) is 3.02. The first-order valence-electron chi connectivity index (χ1n) is 4.44. The molecule has 0 bridgehead atoms. The molecule has 3 nitrogen and oxygen atoms in total. The summed E-state index contributed by atoms with van der Waals surface area (Å²) in [6.07, 6.45) is 3.47. The molecule has 0 spiro atoms. The Labute approximate surface area is 89.0 Å². The molecule has 0 radical (unpaired) electrons. The highest BCUT2D eigenvalue weighted by Gasteiger charge is 2.28. The van der Waals surface area contributed by atoms with Gasteiger partial charge in [0.1, 0.15) is 5.60 Å². The zero-order valence-corrected chi connectivity index (χ0v) is 9.63. The fourth-order valence-corrected chi connectivity index (χ4v) is 1.46. The van der Waals surface area contributed by atoms with Crippen LogP contribution >= 0.6 is 11.6 Å². The molecular formula is C10H15ClN2O. The van der Waals surface area contributed by atoms with Crippen molar-refractivity contribution in [1.29, 1.82) is 0 Å². The van der Waals surface area contributed by atoms with E-state index < -0.39 is 5.60 Å². The van der Waals surface area contributed by atoms with Crippen LogP contribution in [0.25, 0.3) is 0 Å². The predicted octanol–water partition coefficient (Wildman–Crippen LogP) is 2.25. The van der Waals surface area contributed by atoms with Crippen LogP contribution in [-0.2, 0) is 12.6 Å². The number of halogens is 1. The molecule has 0 aliphatic heterocycles. The van der Waals surface area contributed by atoms with E-state index in [1.54, 1.807) is 24.7 Å². The van der Waals surface area contributed by atoms with Crippen molar-refractivity contribution in [3.8, 4) is 0 Å². The Hall–Kier alpha value is -0.800. The average molecular weight is 215 g/mol. The van der Waals surface area contributed by atoms with Gasteiger partial charge >= 0.3 is 0 Å². The second-order valence-electron chi connectivity index (χ2n) is 3.52. The summed E-state index contributed by atoms with van der Waals surface area (Å²) in [6, 6.07) is 0. The number of hydrogen-bond donors (Lipinski definition) is 1. The minimum Gasteiger partial charge on any atom is -0.379 e. The van der Waals surface area contributed by atoms with Gasteiger partial charge in [0.05, 0.1) is 11.9 Å². The molecule has 1 heterocycles. The molecule has 1 rings (SSSR count). The van der Waals surface area contributed by atoms with Gasteiger partial charge in [-0.25, -0.2) is 4.98 Å². The van der Waals surface area contributed by atoms with Crippen molar-refractivity contribution in [1.82, 2.24) is 9.55 Å². The van der Waals surface area contributed by atoms with Crippen LogP contribution in [-0.4, -0.2) is 14.7 Å². The normalized spacial score (nSPS) is 16.9. The van der Waals surface area contributed by atoms with E-state index in [0.717, 1.165) is 5.57 Å². The van der Waals surface area contributed by atoms with E-state index in [4.69, 9.17) is 11.6 Å². The maximum Gasteiger partial charge on any atom is 0.202 e. The third-order valence-electron chi connectivity index (χ3n) is 2.63. The molecule has 1 unspecified atom stereocenters. The summed E-state index contributed by atoms with van der Waals surface area (Å²) in [5.74, 6) is 0. The Morgan fingerprint density at radius 1 is 1.71 bits per heavy atom. The minimum atomic E-state index is -1.01. The van der Waals surface area contributed by atoms with E-state index >= 15 is 0 Å². The molecule has 14 heavy (non-hydrogen) atoms. The molecule has 0 aliphatic rings. The van der Waals surface area contributed by atoms with Crippen LogP contribution in [0, 0.1) is 0 Å². The number of nitrogens with zero attached hydrogens (tertiary/aromatic N) is 2. The Morgan fingerprint density at radius 2 is 2.29 bits per heavy atom. The number of rotatable bonds is 2.